The van der Waals surface area contributed by atoms with Crippen molar-refractivity contribution in [3.63, 3.8) is 0 Å². The summed E-state index contributed by atoms with van der Waals surface area (Å²) in [4.78, 5) is 19.3. The van der Waals surface area contributed by atoms with Gasteiger partial charge in [0.1, 0.15) is 0 Å². The second-order valence-corrected chi connectivity index (χ2v) is 6.87. The standard InChI is InChI=1S/C23H23N5O2/c1-4-21-24-22(26-30-21)17-11-13-19(14-12-17)28-15-20(16(3)25-28)23(29)27(5-2)18-9-7-6-8-10-18/h6-15H,4-5H2,1-3H3. The molecule has 1 amide bonds. The second kappa shape index (κ2) is 8.32. The lowest BCUT2D eigenvalue weighted by Crippen LogP contribution is -2.30. The molecule has 0 spiro atoms. The molecule has 0 aliphatic carbocycles. The third-order valence-corrected chi connectivity index (χ3v) is 4.92. The first-order valence-electron chi connectivity index (χ1n) is 9.97. The highest BCUT2D eigenvalue weighted by Gasteiger charge is 2.21. The predicted octanol–water partition coefficient (Wildman–Crippen LogP) is 4.46. The Morgan fingerprint density at radius 3 is 2.43 bits per heavy atom. The average molecular weight is 401 g/mol. The van der Waals surface area contributed by atoms with Crippen LogP contribution in [0.5, 0.6) is 0 Å². The van der Waals surface area contributed by atoms with Gasteiger partial charge in [0.05, 0.1) is 16.9 Å². The van der Waals surface area contributed by atoms with E-state index < -0.39 is 0 Å². The third-order valence-electron chi connectivity index (χ3n) is 4.92. The molecule has 152 valence electrons. The summed E-state index contributed by atoms with van der Waals surface area (Å²) in [6, 6.07) is 17.3. The fraction of sp³-hybridized carbons (Fsp3) is 0.217. The van der Waals surface area contributed by atoms with Gasteiger partial charge in [0, 0.05) is 30.4 Å². The van der Waals surface area contributed by atoms with E-state index in [4.69, 9.17) is 4.52 Å². The van der Waals surface area contributed by atoms with Crippen molar-refractivity contribution in [1.29, 1.82) is 0 Å². The van der Waals surface area contributed by atoms with Crippen LogP contribution >= 0.6 is 0 Å². The molecule has 0 unspecified atom stereocenters. The SMILES string of the molecule is CCc1nc(-c2ccc(-n3cc(C(=O)N(CC)c4ccccc4)c(C)n3)cc2)no1. The van der Waals surface area contributed by atoms with E-state index in [1.807, 2.05) is 75.4 Å². The van der Waals surface area contributed by atoms with Crippen LogP contribution in [-0.4, -0.2) is 32.4 Å². The minimum atomic E-state index is -0.0667. The maximum absolute atomic E-state index is 13.2. The van der Waals surface area contributed by atoms with Gasteiger partial charge < -0.3 is 9.42 Å². The van der Waals surface area contributed by atoms with Crippen molar-refractivity contribution in [3.05, 3.63) is 77.9 Å². The van der Waals surface area contributed by atoms with E-state index in [1.165, 1.54) is 0 Å². The Morgan fingerprint density at radius 1 is 1.07 bits per heavy atom. The molecule has 0 N–H and O–H groups in total. The molecule has 0 atom stereocenters. The number of anilines is 1. The quantitative estimate of drug-likeness (QED) is 0.477. The zero-order valence-electron chi connectivity index (χ0n) is 17.2. The highest BCUT2D eigenvalue weighted by Crippen LogP contribution is 2.21. The number of hydrogen-bond acceptors (Lipinski definition) is 5. The summed E-state index contributed by atoms with van der Waals surface area (Å²) in [5, 5.41) is 8.55. The van der Waals surface area contributed by atoms with Crippen LogP contribution in [0, 0.1) is 6.92 Å². The van der Waals surface area contributed by atoms with Crippen LogP contribution in [0.1, 0.15) is 35.8 Å². The van der Waals surface area contributed by atoms with Gasteiger partial charge >= 0.3 is 0 Å². The lowest BCUT2D eigenvalue weighted by Gasteiger charge is -2.20. The number of rotatable bonds is 6. The van der Waals surface area contributed by atoms with Crippen molar-refractivity contribution < 1.29 is 9.32 Å². The molecule has 30 heavy (non-hydrogen) atoms. The van der Waals surface area contributed by atoms with Crippen LogP contribution in [0.2, 0.25) is 0 Å². The highest BCUT2D eigenvalue weighted by molar-refractivity contribution is 6.06. The molecule has 4 rings (SSSR count). The molecular weight excluding hydrogens is 378 g/mol. The zero-order valence-corrected chi connectivity index (χ0v) is 17.2. The first kappa shape index (κ1) is 19.6. The van der Waals surface area contributed by atoms with Gasteiger partial charge in [-0.2, -0.15) is 10.1 Å². The normalized spacial score (nSPS) is 10.9. The third kappa shape index (κ3) is 3.74. The minimum absolute atomic E-state index is 0.0667. The number of hydrogen-bond donors (Lipinski definition) is 0. The first-order chi connectivity index (χ1) is 14.6. The highest BCUT2D eigenvalue weighted by atomic mass is 16.5. The summed E-state index contributed by atoms with van der Waals surface area (Å²) in [7, 11) is 0. The monoisotopic (exact) mass is 401 g/mol. The summed E-state index contributed by atoms with van der Waals surface area (Å²) < 4.78 is 6.90. The van der Waals surface area contributed by atoms with Crippen LogP contribution in [0.15, 0.2) is 65.3 Å². The van der Waals surface area contributed by atoms with Crippen molar-refractivity contribution >= 4 is 11.6 Å². The van der Waals surface area contributed by atoms with Gasteiger partial charge in [0.25, 0.3) is 5.91 Å². The fourth-order valence-electron chi connectivity index (χ4n) is 3.28. The van der Waals surface area contributed by atoms with Crippen molar-refractivity contribution in [2.75, 3.05) is 11.4 Å². The van der Waals surface area contributed by atoms with Gasteiger partial charge in [0.15, 0.2) is 0 Å². The van der Waals surface area contributed by atoms with E-state index in [0.29, 0.717) is 35.9 Å². The summed E-state index contributed by atoms with van der Waals surface area (Å²) in [6.07, 6.45) is 2.48. The summed E-state index contributed by atoms with van der Waals surface area (Å²) in [6.45, 7) is 6.36. The number of nitrogens with zero attached hydrogens (tertiary/aromatic N) is 5. The molecule has 2 aromatic heterocycles. The zero-order chi connectivity index (χ0) is 21.1. The van der Waals surface area contributed by atoms with Crippen LogP contribution in [0.25, 0.3) is 17.1 Å². The Bertz CT molecular complexity index is 1150. The largest absolute Gasteiger partial charge is 0.339 e. The van der Waals surface area contributed by atoms with Gasteiger partial charge in [-0.05, 0) is 50.2 Å². The first-order valence-corrected chi connectivity index (χ1v) is 9.97. The maximum atomic E-state index is 13.2. The summed E-state index contributed by atoms with van der Waals surface area (Å²) in [5.74, 6) is 1.11. The van der Waals surface area contributed by atoms with Crippen molar-refractivity contribution in [2.24, 2.45) is 0 Å². The number of carbonyl (C=O) groups is 1. The van der Waals surface area contributed by atoms with Crippen LogP contribution in [0.4, 0.5) is 5.69 Å². The molecule has 7 nitrogen and oxygen atoms in total. The van der Waals surface area contributed by atoms with E-state index in [0.717, 1.165) is 16.9 Å². The minimum Gasteiger partial charge on any atom is -0.339 e. The van der Waals surface area contributed by atoms with E-state index >= 15 is 0 Å². The smallest absolute Gasteiger partial charge is 0.261 e. The Balaban J connectivity index is 1.59. The lowest BCUT2D eigenvalue weighted by molar-refractivity contribution is 0.0987. The molecular formula is C23H23N5O2. The molecule has 4 aromatic rings. The van der Waals surface area contributed by atoms with Gasteiger partial charge in [-0.1, -0.05) is 30.3 Å². The van der Waals surface area contributed by atoms with Crippen molar-refractivity contribution in [3.8, 4) is 17.1 Å². The summed E-state index contributed by atoms with van der Waals surface area (Å²) in [5.41, 5.74) is 3.85. The van der Waals surface area contributed by atoms with E-state index in [1.54, 1.807) is 15.8 Å². The van der Waals surface area contributed by atoms with Gasteiger partial charge in [-0.15, -0.1) is 0 Å². The van der Waals surface area contributed by atoms with E-state index in [2.05, 4.69) is 15.2 Å². The fourth-order valence-corrected chi connectivity index (χ4v) is 3.28. The number of para-hydroxylation sites is 1. The molecule has 2 aromatic carbocycles. The molecule has 0 aliphatic heterocycles. The topological polar surface area (TPSA) is 77.1 Å². The predicted molar refractivity (Wildman–Crippen MR) is 115 cm³/mol. The molecule has 0 bridgehead atoms. The molecule has 0 aliphatic rings. The van der Waals surface area contributed by atoms with Crippen LogP contribution < -0.4 is 4.90 Å². The Kier molecular flexibility index (Phi) is 5.43. The van der Waals surface area contributed by atoms with Crippen LogP contribution in [-0.2, 0) is 6.42 Å². The van der Waals surface area contributed by atoms with Crippen molar-refractivity contribution in [1.82, 2.24) is 19.9 Å². The number of amides is 1. The molecule has 7 heteroatoms. The van der Waals surface area contributed by atoms with Crippen molar-refractivity contribution in [2.45, 2.75) is 27.2 Å². The number of aromatic nitrogens is 4. The maximum Gasteiger partial charge on any atom is 0.261 e. The Labute approximate surface area is 175 Å². The molecule has 0 fully saturated rings. The Hall–Kier alpha value is -3.74. The Morgan fingerprint density at radius 2 is 1.80 bits per heavy atom. The van der Waals surface area contributed by atoms with E-state index in [9.17, 15) is 4.79 Å². The van der Waals surface area contributed by atoms with E-state index in [-0.39, 0.29) is 5.91 Å². The van der Waals surface area contributed by atoms with Crippen LogP contribution in [0.3, 0.4) is 0 Å². The number of aryl methyl sites for hydroxylation is 2. The van der Waals surface area contributed by atoms with Gasteiger partial charge in [-0.25, -0.2) is 4.68 Å². The summed E-state index contributed by atoms with van der Waals surface area (Å²) >= 11 is 0. The number of benzene rings is 2. The average Bonchev–Trinajstić information content (AvgIpc) is 3.42. The number of carbonyl (C=O) groups excluding carboxylic acids is 1. The lowest BCUT2D eigenvalue weighted by atomic mass is 10.2. The van der Waals surface area contributed by atoms with Gasteiger partial charge in [-0.3, -0.25) is 4.79 Å². The molecule has 2 heterocycles. The van der Waals surface area contributed by atoms with Gasteiger partial charge in [0.2, 0.25) is 11.7 Å². The molecule has 0 saturated heterocycles. The molecule has 0 radical (unpaired) electrons. The second-order valence-electron chi connectivity index (χ2n) is 6.87. The molecule has 0 saturated carbocycles.